The van der Waals surface area contributed by atoms with E-state index in [9.17, 15) is 13.2 Å². The molecule has 1 saturated heterocycles. The number of likely N-dealkylation sites (N-methyl/N-ethyl adjacent to an activating group) is 1. The van der Waals surface area contributed by atoms with Crippen molar-refractivity contribution in [2.24, 2.45) is 0 Å². The summed E-state index contributed by atoms with van der Waals surface area (Å²) in [5.74, 6) is -0.145. The Morgan fingerprint density at radius 3 is 2.52 bits per heavy atom. The van der Waals surface area contributed by atoms with Crippen molar-refractivity contribution in [2.45, 2.75) is 30.7 Å². The van der Waals surface area contributed by atoms with Crippen molar-refractivity contribution in [1.29, 1.82) is 0 Å². The van der Waals surface area contributed by atoms with E-state index in [1.807, 2.05) is 0 Å². The third-order valence-electron chi connectivity index (χ3n) is 4.33. The fraction of sp³-hybridized carbons (Fsp3) is 0.562. The Hall–Kier alpha value is -1.44. The van der Waals surface area contributed by atoms with Crippen LogP contribution in [0.3, 0.4) is 0 Å². The Labute approximate surface area is 138 Å². The predicted octanol–water partition coefficient (Wildman–Crippen LogP) is 1.07. The highest BCUT2D eigenvalue weighted by atomic mass is 32.2. The molecule has 0 saturated carbocycles. The molecular weight excluding hydrogens is 314 g/mol. The first-order chi connectivity index (χ1) is 10.7. The van der Waals surface area contributed by atoms with Gasteiger partial charge in [0.25, 0.3) is 5.91 Å². The lowest BCUT2D eigenvalue weighted by atomic mass is 10.0. The Morgan fingerprint density at radius 1 is 1.26 bits per heavy atom. The molecule has 1 aromatic carbocycles. The largest absolute Gasteiger partial charge is 0.337 e. The summed E-state index contributed by atoms with van der Waals surface area (Å²) in [6, 6.07) is 5.02. The van der Waals surface area contributed by atoms with Gasteiger partial charge >= 0.3 is 0 Å². The highest BCUT2D eigenvalue weighted by Crippen LogP contribution is 2.21. The molecule has 0 aromatic heterocycles. The number of nitrogens with zero attached hydrogens (tertiary/aromatic N) is 2. The van der Waals surface area contributed by atoms with Crippen molar-refractivity contribution in [3.8, 4) is 0 Å². The number of nitrogens with one attached hydrogen (secondary N) is 1. The van der Waals surface area contributed by atoms with Gasteiger partial charge in [0.2, 0.25) is 10.0 Å². The Bertz CT molecular complexity index is 680. The molecule has 1 atom stereocenters. The van der Waals surface area contributed by atoms with E-state index in [1.54, 1.807) is 31.0 Å². The summed E-state index contributed by atoms with van der Waals surface area (Å²) >= 11 is 0. The van der Waals surface area contributed by atoms with E-state index < -0.39 is 10.0 Å². The molecule has 0 bridgehead atoms. The van der Waals surface area contributed by atoms with Crippen LogP contribution in [0.2, 0.25) is 0 Å². The fourth-order valence-electron chi connectivity index (χ4n) is 2.74. The van der Waals surface area contributed by atoms with Crippen LogP contribution in [0.25, 0.3) is 0 Å². The number of rotatable bonds is 4. The summed E-state index contributed by atoms with van der Waals surface area (Å²) in [5, 5.41) is 3.29. The van der Waals surface area contributed by atoms with Crippen LogP contribution in [0, 0.1) is 6.92 Å². The minimum absolute atomic E-state index is 0.145. The van der Waals surface area contributed by atoms with E-state index >= 15 is 0 Å². The zero-order valence-electron chi connectivity index (χ0n) is 14.2. The van der Waals surface area contributed by atoms with Crippen LogP contribution in [-0.4, -0.2) is 63.8 Å². The van der Waals surface area contributed by atoms with Crippen molar-refractivity contribution >= 4 is 15.9 Å². The van der Waals surface area contributed by atoms with Gasteiger partial charge < -0.3 is 10.2 Å². The van der Waals surface area contributed by atoms with Crippen LogP contribution < -0.4 is 5.32 Å². The standard InChI is InChI=1S/C16H25N3O3S/c1-12-7-8-13(10-15(12)23(21,22)18(2)3)16(20)19(4)14-6-5-9-17-11-14/h7-8,10,14,17H,5-6,9,11H2,1-4H3. The number of amides is 1. The molecule has 1 amide bonds. The Balaban J connectivity index is 2.31. The lowest BCUT2D eigenvalue weighted by molar-refractivity contribution is 0.0708. The second-order valence-corrected chi connectivity index (χ2v) is 8.30. The minimum atomic E-state index is -3.56. The molecule has 7 heteroatoms. The quantitative estimate of drug-likeness (QED) is 0.891. The lowest BCUT2D eigenvalue weighted by Crippen LogP contribution is -2.46. The van der Waals surface area contributed by atoms with Gasteiger partial charge in [0.15, 0.2) is 0 Å². The predicted molar refractivity (Wildman–Crippen MR) is 90.0 cm³/mol. The van der Waals surface area contributed by atoms with Gasteiger partial charge in [-0.05, 0) is 44.0 Å². The number of aryl methyl sites for hydroxylation is 1. The molecule has 1 aromatic rings. The first-order valence-corrected chi connectivity index (χ1v) is 9.20. The number of benzene rings is 1. The van der Waals surface area contributed by atoms with Gasteiger partial charge in [-0.2, -0.15) is 0 Å². The van der Waals surface area contributed by atoms with Gasteiger partial charge in [0.05, 0.1) is 4.90 Å². The maximum Gasteiger partial charge on any atom is 0.253 e. The number of hydrogen-bond donors (Lipinski definition) is 1. The maximum atomic E-state index is 12.7. The molecule has 1 aliphatic rings. The third-order valence-corrected chi connectivity index (χ3v) is 6.29. The molecule has 2 rings (SSSR count). The minimum Gasteiger partial charge on any atom is -0.337 e. The molecule has 6 nitrogen and oxygen atoms in total. The second-order valence-electron chi connectivity index (χ2n) is 6.18. The molecule has 0 radical (unpaired) electrons. The zero-order valence-corrected chi connectivity index (χ0v) is 15.0. The van der Waals surface area contributed by atoms with Crippen LogP contribution in [0.1, 0.15) is 28.8 Å². The van der Waals surface area contributed by atoms with Gasteiger partial charge in [-0.25, -0.2) is 12.7 Å². The molecule has 0 aliphatic carbocycles. The SMILES string of the molecule is Cc1ccc(C(=O)N(C)C2CCCNC2)cc1S(=O)(=O)N(C)C. The molecule has 1 N–H and O–H groups in total. The topological polar surface area (TPSA) is 69.7 Å². The van der Waals surface area contributed by atoms with E-state index in [1.165, 1.54) is 24.5 Å². The normalized spacial score (nSPS) is 18.9. The van der Waals surface area contributed by atoms with Crippen molar-refractivity contribution in [2.75, 3.05) is 34.2 Å². The van der Waals surface area contributed by atoms with Crippen molar-refractivity contribution in [3.63, 3.8) is 0 Å². The highest BCUT2D eigenvalue weighted by Gasteiger charge is 2.25. The maximum absolute atomic E-state index is 12.7. The smallest absolute Gasteiger partial charge is 0.253 e. The van der Waals surface area contributed by atoms with Crippen molar-refractivity contribution in [1.82, 2.24) is 14.5 Å². The number of sulfonamides is 1. The molecule has 1 heterocycles. The van der Waals surface area contributed by atoms with E-state index in [4.69, 9.17) is 0 Å². The van der Waals surface area contributed by atoms with Gasteiger partial charge in [-0.3, -0.25) is 4.79 Å². The van der Waals surface area contributed by atoms with Crippen molar-refractivity contribution < 1.29 is 13.2 Å². The summed E-state index contributed by atoms with van der Waals surface area (Å²) in [5.41, 5.74) is 1.04. The third kappa shape index (κ3) is 3.73. The molecule has 1 aliphatic heterocycles. The fourth-order valence-corrected chi connectivity index (χ4v) is 3.89. The number of piperidine rings is 1. The Morgan fingerprint density at radius 2 is 1.96 bits per heavy atom. The molecule has 1 fully saturated rings. The van der Waals surface area contributed by atoms with Crippen LogP contribution in [0.5, 0.6) is 0 Å². The van der Waals surface area contributed by atoms with Crippen LogP contribution in [0.4, 0.5) is 0 Å². The lowest BCUT2D eigenvalue weighted by Gasteiger charge is -2.32. The van der Waals surface area contributed by atoms with Gasteiger partial charge in [0, 0.05) is 39.3 Å². The van der Waals surface area contributed by atoms with Crippen LogP contribution in [-0.2, 0) is 10.0 Å². The molecular formula is C16H25N3O3S. The summed E-state index contributed by atoms with van der Waals surface area (Å²) < 4.78 is 25.9. The average molecular weight is 339 g/mol. The molecule has 1 unspecified atom stereocenters. The second kappa shape index (κ2) is 6.98. The summed E-state index contributed by atoms with van der Waals surface area (Å²) in [4.78, 5) is 14.6. The van der Waals surface area contributed by atoms with E-state index in [-0.39, 0.29) is 16.8 Å². The van der Waals surface area contributed by atoms with Gasteiger partial charge in [-0.1, -0.05) is 6.07 Å². The molecule has 23 heavy (non-hydrogen) atoms. The van der Waals surface area contributed by atoms with E-state index in [0.29, 0.717) is 11.1 Å². The summed E-state index contributed by atoms with van der Waals surface area (Å²) in [6.07, 6.45) is 2.00. The number of carbonyl (C=O) groups is 1. The van der Waals surface area contributed by atoms with Gasteiger partial charge in [0.1, 0.15) is 0 Å². The summed E-state index contributed by atoms with van der Waals surface area (Å²) in [6.45, 7) is 3.49. The van der Waals surface area contributed by atoms with Crippen LogP contribution >= 0.6 is 0 Å². The first kappa shape index (κ1) is 17.9. The summed E-state index contributed by atoms with van der Waals surface area (Å²) in [7, 11) is 1.19. The zero-order chi connectivity index (χ0) is 17.2. The first-order valence-electron chi connectivity index (χ1n) is 7.76. The monoisotopic (exact) mass is 339 g/mol. The van der Waals surface area contributed by atoms with E-state index in [2.05, 4.69) is 5.32 Å². The highest BCUT2D eigenvalue weighted by molar-refractivity contribution is 7.89. The van der Waals surface area contributed by atoms with Crippen LogP contribution in [0.15, 0.2) is 23.1 Å². The molecule has 128 valence electrons. The number of hydrogen-bond acceptors (Lipinski definition) is 4. The van der Waals surface area contributed by atoms with Crippen molar-refractivity contribution in [3.05, 3.63) is 29.3 Å². The Kier molecular flexibility index (Phi) is 5.44. The van der Waals surface area contributed by atoms with Gasteiger partial charge in [-0.15, -0.1) is 0 Å². The average Bonchev–Trinajstić information content (AvgIpc) is 2.54. The number of carbonyl (C=O) groups excluding carboxylic acids is 1. The van der Waals surface area contributed by atoms with E-state index in [0.717, 1.165) is 25.9 Å². The molecule has 0 spiro atoms.